The molecule has 1 aromatic carbocycles. The molecule has 0 heterocycles. The Labute approximate surface area is 132 Å². The quantitative estimate of drug-likeness (QED) is 0.829. The van der Waals surface area contributed by atoms with Gasteiger partial charge in [0, 0.05) is 13.1 Å². The number of hydrogen-bond donors (Lipinski definition) is 2. The fraction of sp³-hybridized carbons (Fsp3) is 0.467. The van der Waals surface area contributed by atoms with E-state index < -0.39 is 23.4 Å². The van der Waals surface area contributed by atoms with Gasteiger partial charge in [-0.15, -0.1) is 0 Å². The second-order valence-corrected chi connectivity index (χ2v) is 5.69. The predicted molar refractivity (Wildman–Crippen MR) is 78.9 cm³/mol. The van der Waals surface area contributed by atoms with Crippen molar-refractivity contribution in [2.45, 2.75) is 32.5 Å². The van der Waals surface area contributed by atoms with Crippen molar-refractivity contribution in [2.24, 2.45) is 0 Å². The van der Waals surface area contributed by atoms with E-state index in [0.29, 0.717) is 0 Å². The van der Waals surface area contributed by atoms with E-state index in [2.05, 4.69) is 10.6 Å². The van der Waals surface area contributed by atoms with Crippen LogP contribution < -0.4 is 10.6 Å². The molecule has 8 heteroatoms. The summed E-state index contributed by atoms with van der Waals surface area (Å²) in [6.45, 7) is 5.16. The van der Waals surface area contributed by atoms with Gasteiger partial charge in [0.05, 0.1) is 16.8 Å². The third kappa shape index (κ3) is 6.06. The maximum atomic E-state index is 12.9. The minimum atomic E-state index is -4.58. The highest BCUT2D eigenvalue weighted by Gasteiger charge is 2.34. The topological polar surface area (TPSA) is 74.2 Å². The summed E-state index contributed by atoms with van der Waals surface area (Å²) in [4.78, 5) is 11.4. The van der Waals surface area contributed by atoms with Crippen LogP contribution in [0.2, 0.25) is 0 Å². The van der Waals surface area contributed by atoms with Crippen LogP contribution in [0.4, 0.5) is 23.7 Å². The lowest BCUT2D eigenvalue weighted by molar-refractivity contribution is -0.137. The van der Waals surface area contributed by atoms with Crippen LogP contribution in [0, 0.1) is 11.3 Å². The van der Waals surface area contributed by atoms with Gasteiger partial charge in [0.15, 0.2) is 0 Å². The summed E-state index contributed by atoms with van der Waals surface area (Å²) in [5.74, 6) is 0. The number of amides is 1. The van der Waals surface area contributed by atoms with Crippen LogP contribution in [-0.2, 0) is 10.9 Å². The largest absolute Gasteiger partial charge is 0.444 e. The fourth-order valence-electron chi connectivity index (χ4n) is 1.74. The Kier molecular flexibility index (Phi) is 5.85. The first-order valence-electron chi connectivity index (χ1n) is 6.85. The molecule has 0 aromatic heterocycles. The highest BCUT2D eigenvalue weighted by molar-refractivity contribution is 5.68. The third-order valence-electron chi connectivity index (χ3n) is 2.59. The molecule has 0 aliphatic heterocycles. The molecule has 23 heavy (non-hydrogen) atoms. The second-order valence-electron chi connectivity index (χ2n) is 5.69. The number of carbonyl (C=O) groups is 1. The van der Waals surface area contributed by atoms with Gasteiger partial charge in [0.1, 0.15) is 11.7 Å². The van der Waals surface area contributed by atoms with Crippen molar-refractivity contribution in [3.8, 4) is 6.07 Å². The zero-order chi connectivity index (χ0) is 17.7. The molecule has 0 spiro atoms. The molecular weight excluding hydrogens is 311 g/mol. The van der Waals surface area contributed by atoms with Crippen molar-refractivity contribution in [3.05, 3.63) is 29.3 Å². The number of ether oxygens (including phenoxy) is 1. The average Bonchev–Trinajstić information content (AvgIpc) is 2.40. The zero-order valence-corrected chi connectivity index (χ0v) is 13.0. The van der Waals surface area contributed by atoms with Gasteiger partial charge >= 0.3 is 12.3 Å². The van der Waals surface area contributed by atoms with Gasteiger partial charge in [0.25, 0.3) is 0 Å². The highest BCUT2D eigenvalue weighted by Crippen LogP contribution is 2.36. The van der Waals surface area contributed by atoms with E-state index in [1.807, 2.05) is 0 Å². The number of alkyl halides is 3. The van der Waals surface area contributed by atoms with Crippen LogP contribution in [0.15, 0.2) is 18.2 Å². The molecule has 0 saturated heterocycles. The maximum Gasteiger partial charge on any atom is 0.418 e. The Morgan fingerprint density at radius 3 is 2.43 bits per heavy atom. The lowest BCUT2D eigenvalue weighted by Crippen LogP contribution is -2.35. The average molecular weight is 329 g/mol. The van der Waals surface area contributed by atoms with E-state index in [4.69, 9.17) is 10.00 Å². The minimum absolute atomic E-state index is 0.0149. The molecule has 0 bridgehead atoms. The third-order valence-corrected chi connectivity index (χ3v) is 2.59. The predicted octanol–water partition coefficient (Wildman–Crippen LogP) is 3.51. The normalized spacial score (nSPS) is 11.5. The van der Waals surface area contributed by atoms with E-state index in [0.717, 1.165) is 6.07 Å². The maximum absolute atomic E-state index is 12.9. The summed E-state index contributed by atoms with van der Waals surface area (Å²) in [6.07, 6.45) is -5.24. The summed E-state index contributed by atoms with van der Waals surface area (Å²) in [5.41, 5.74) is -1.99. The summed E-state index contributed by atoms with van der Waals surface area (Å²) in [5, 5.41) is 13.9. The Balaban J connectivity index is 2.68. The van der Waals surface area contributed by atoms with E-state index >= 15 is 0 Å². The van der Waals surface area contributed by atoms with E-state index in [9.17, 15) is 18.0 Å². The summed E-state index contributed by atoms with van der Waals surface area (Å²) in [7, 11) is 0. The Morgan fingerprint density at radius 1 is 1.26 bits per heavy atom. The number of anilines is 1. The molecule has 0 fully saturated rings. The summed E-state index contributed by atoms with van der Waals surface area (Å²) >= 11 is 0. The van der Waals surface area contributed by atoms with Crippen molar-refractivity contribution in [2.75, 3.05) is 18.4 Å². The van der Waals surface area contributed by atoms with Gasteiger partial charge in [-0.25, -0.2) is 4.79 Å². The monoisotopic (exact) mass is 329 g/mol. The van der Waals surface area contributed by atoms with Gasteiger partial charge in [0.2, 0.25) is 0 Å². The lowest BCUT2D eigenvalue weighted by Gasteiger charge is -2.20. The van der Waals surface area contributed by atoms with Crippen molar-refractivity contribution in [1.82, 2.24) is 5.32 Å². The van der Waals surface area contributed by atoms with Crippen molar-refractivity contribution in [1.29, 1.82) is 5.26 Å². The van der Waals surface area contributed by atoms with Crippen LogP contribution in [0.5, 0.6) is 0 Å². The van der Waals surface area contributed by atoms with Crippen LogP contribution >= 0.6 is 0 Å². The number of rotatable bonds is 4. The molecule has 0 aliphatic rings. The van der Waals surface area contributed by atoms with Crippen LogP contribution in [0.3, 0.4) is 0 Å². The second kappa shape index (κ2) is 7.22. The Morgan fingerprint density at radius 2 is 1.91 bits per heavy atom. The number of halogens is 3. The SMILES string of the molecule is CC(C)(C)OC(=O)NCCNc1c(C#N)cccc1C(F)(F)F. The number of benzene rings is 1. The number of nitrogens with zero attached hydrogens (tertiary/aromatic N) is 1. The molecule has 0 aliphatic carbocycles. The molecule has 0 unspecified atom stereocenters. The first-order chi connectivity index (χ1) is 10.5. The van der Waals surface area contributed by atoms with Crippen molar-refractivity contribution >= 4 is 11.8 Å². The van der Waals surface area contributed by atoms with Gasteiger partial charge in [-0.05, 0) is 32.9 Å². The molecule has 0 atom stereocenters. The van der Waals surface area contributed by atoms with Gasteiger partial charge in [-0.2, -0.15) is 18.4 Å². The lowest BCUT2D eigenvalue weighted by atomic mass is 10.1. The standard InChI is InChI=1S/C15H18F3N3O2/c1-14(2,3)23-13(22)21-8-7-20-12-10(9-19)5-4-6-11(12)15(16,17)18/h4-6,20H,7-8H2,1-3H3,(H,21,22). The summed E-state index contributed by atoms with van der Waals surface area (Å²) < 4.78 is 43.8. The molecule has 0 radical (unpaired) electrons. The molecule has 0 saturated carbocycles. The van der Waals surface area contributed by atoms with E-state index in [1.54, 1.807) is 26.8 Å². The van der Waals surface area contributed by atoms with Gasteiger partial charge in [-0.1, -0.05) is 6.07 Å². The van der Waals surface area contributed by atoms with E-state index in [-0.39, 0.29) is 24.3 Å². The molecule has 5 nitrogen and oxygen atoms in total. The fourth-order valence-corrected chi connectivity index (χ4v) is 1.74. The number of nitriles is 1. The number of para-hydroxylation sites is 1. The van der Waals surface area contributed by atoms with E-state index in [1.165, 1.54) is 12.1 Å². The number of hydrogen-bond acceptors (Lipinski definition) is 4. The van der Waals surface area contributed by atoms with Crippen LogP contribution in [0.25, 0.3) is 0 Å². The Hall–Kier alpha value is -2.43. The molecule has 2 N–H and O–H groups in total. The van der Waals surface area contributed by atoms with Crippen molar-refractivity contribution in [3.63, 3.8) is 0 Å². The van der Waals surface area contributed by atoms with Gasteiger partial charge in [-0.3, -0.25) is 0 Å². The first-order valence-corrected chi connectivity index (χ1v) is 6.85. The summed E-state index contributed by atoms with van der Waals surface area (Å²) in [6, 6.07) is 5.07. The minimum Gasteiger partial charge on any atom is -0.444 e. The van der Waals surface area contributed by atoms with Crippen molar-refractivity contribution < 1.29 is 22.7 Å². The number of nitrogens with one attached hydrogen (secondary N) is 2. The van der Waals surface area contributed by atoms with Crippen LogP contribution in [-0.4, -0.2) is 24.8 Å². The molecule has 126 valence electrons. The number of carbonyl (C=O) groups excluding carboxylic acids is 1. The van der Waals surface area contributed by atoms with Crippen LogP contribution in [0.1, 0.15) is 31.9 Å². The highest BCUT2D eigenvalue weighted by atomic mass is 19.4. The Bertz CT molecular complexity index is 601. The molecular formula is C15H18F3N3O2. The smallest absolute Gasteiger partial charge is 0.418 e. The first kappa shape index (κ1) is 18.6. The van der Waals surface area contributed by atoms with Gasteiger partial charge < -0.3 is 15.4 Å². The zero-order valence-electron chi connectivity index (χ0n) is 13.0. The molecule has 1 aromatic rings. The number of alkyl carbamates (subject to hydrolysis) is 1. The molecule has 1 rings (SSSR count). The molecule has 1 amide bonds.